The van der Waals surface area contributed by atoms with Gasteiger partial charge in [-0.2, -0.15) is 0 Å². The third-order valence-corrected chi connectivity index (χ3v) is 3.47. The van der Waals surface area contributed by atoms with Gasteiger partial charge < -0.3 is 10.3 Å². The molecular weight excluding hydrogens is 242 g/mol. The van der Waals surface area contributed by atoms with Gasteiger partial charge in [-0.3, -0.25) is 15.0 Å². The maximum atomic E-state index is 11.6. The molecule has 2 heterocycles. The zero-order valence-electron chi connectivity index (χ0n) is 10.8. The van der Waals surface area contributed by atoms with Crippen molar-refractivity contribution in [1.29, 1.82) is 0 Å². The van der Waals surface area contributed by atoms with Gasteiger partial charge in [-0.25, -0.2) is 4.98 Å². The minimum Gasteiger partial charge on any atom is -0.331 e. The molecule has 3 rings (SSSR count). The minimum absolute atomic E-state index is 0.171. The first kappa shape index (κ1) is 11.7. The summed E-state index contributed by atoms with van der Waals surface area (Å²) in [5.74, 6) is 0.953. The summed E-state index contributed by atoms with van der Waals surface area (Å²) in [6.07, 6.45) is 0. The van der Waals surface area contributed by atoms with E-state index in [4.69, 9.17) is 5.73 Å². The van der Waals surface area contributed by atoms with Crippen molar-refractivity contribution in [2.75, 3.05) is 0 Å². The SMILES string of the molecule is Cc1nc2cc(-c3[nH][nH]c(=O)c3CN)ccc2n1C. The molecule has 6 heteroatoms. The van der Waals surface area contributed by atoms with Crippen LogP contribution >= 0.6 is 0 Å². The van der Waals surface area contributed by atoms with Crippen LogP contribution in [0.15, 0.2) is 23.0 Å². The highest BCUT2D eigenvalue weighted by Crippen LogP contribution is 2.24. The van der Waals surface area contributed by atoms with Crippen LogP contribution in [-0.2, 0) is 13.6 Å². The standard InChI is InChI=1S/C13H15N5O/c1-7-15-10-5-8(3-4-11(10)18(7)2)12-9(6-14)13(19)17-16-12/h3-5H,6,14H2,1-2H3,(H2,16,17,19). The summed E-state index contributed by atoms with van der Waals surface area (Å²) >= 11 is 0. The highest BCUT2D eigenvalue weighted by atomic mass is 16.1. The molecule has 0 amide bonds. The van der Waals surface area contributed by atoms with Crippen molar-refractivity contribution in [3.63, 3.8) is 0 Å². The molecule has 6 nitrogen and oxygen atoms in total. The first-order valence-corrected chi connectivity index (χ1v) is 6.05. The van der Waals surface area contributed by atoms with Crippen LogP contribution in [0.4, 0.5) is 0 Å². The zero-order chi connectivity index (χ0) is 13.6. The average molecular weight is 257 g/mol. The molecule has 0 bridgehead atoms. The molecule has 0 aliphatic carbocycles. The van der Waals surface area contributed by atoms with Crippen LogP contribution in [0.2, 0.25) is 0 Å². The summed E-state index contributed by atoms with van der Waals surface area (Å²) < 4.78 is 2.03. The molecule has 98 valence electrons. The fourth-order valence-corrected chi connectivity index (χ4v) is 2.30. The summed E-state index contributed by atoms with van der Waals surface area (Å²) in [5.41, 5.74) is 9.61. The Balaban J connectivity index is 2.23. The molecule has 0 saturated carbocycles. The molecule has 19 heavy (non-hydrogen) atoms. The smallest absolute Gasteiger partial charge is 0.269 e. The van der Waals surface area contributed by atoms with Gasteiger partial charge in [0, 0.05) is 19.2 Å². The molecule has 0 fully saturated rings. The van der Waals surface area contributed by atoms with Crippen LogP contribution in [-0.4, -0.2) is 19.7 Å². The van der Waals surface area contributed by atoms with Gasteiger partial charge >= 0.3 is 0 Å². The number of rotatable bonds is 2. The highest BCUT2D eigenvalue weighted by molar-refractivity contribution is 5.82. The van der Waals surface area contributed by atoms with Crippen molar-refractivity contribution >= 4 is 11.0 Å². The predicted octanol–water partition coefficient (Wildman–Crippen LogP) is 1.02. The Labute approximate surface area is 109 Å². The molecule has 0 aliphatic rings. The van der Waals surface area contributed by atoms with Crippen molar-refractivity contribution in [3.8, 4) is 11.3 Å². The number of aromatic nitrogens is 4. The van der Waals surface area contributed by atoms with Gasteiger partial charge in [-0.15, -0.1) is 0 Å². The van der Waals surface area contributed by atoms with E-state index >= 15 is 0 Å². The van der Waals surface area contributed by atoms with Crippen molar-refractivity contribution in [2.45, 2.75) is 13.5 Å². The summed E-state index contributed by atoms with van der Waals surface area (Å²) in [7, 11) is 1.98. The minimum atomic E-state index is -0.171. The molecule has 1 aromatic carbocycles. The fourth-order valence-electron chi connectivity index (χ4n) is 2.30. The number of imidazole rings is 1. The molecule has 0 spiro atoms. The van der Waals surface area contributed by atoms with E-state index in [0.29, 0.717) is 5.56 Å². The lowest BCUT2D eigenvalue weighted by Gasteiger charge is -2.01. The zero-order valence-corrected chi connectivity index (χ0v) is 10.8. The number of hydrogen-bond donors (Lipinski definition) is 3. The van der Waals surface area contributed by atoms with Gasteiger partial charge in [0.15, 0.2) is 0 Å². The summed E-state index contributed by atoms with van der Waals surface area (Å²) in [6.45, 7) is 2.16. The second-order valence-electron chi connectivity index (χ2n) is 4.56. The summed E-state index contributed by atoms with van der Waals surface area (Å²) in [5, 5.41) is 5.44. The number of hydrogen-bond acceptors (Lipinski definition) is 3. The molecule has 2 aromatic heterocycles. The average Bonchev–Trinajstić information content (AvgIpc) is 2.90. The normalized spacial score (nSPS) is 11.3. The quantitative estimate of drug-likeness (QED) is 0.640. The third-order valence-electron chi connectivity index (χ3n) is 3.47. The molecule has 0 radical (unpaired) electrons. The maximum Gasteiger partial charge on any atom is 0.269 e. The first-order valence-electron chi connectivity index (χ1n) is 6.05. The van der Waals surface area contributed by atoms with Crippen LogP contribution in [0.1, 0.15) is 11.4 Å². The summed E-state index contributed by atoms with van der Waals surface area (Å²) in [6, 6.07) is 5.92. The van der Waals surface area contributed by atoms with E-state index in [0.717, 1.165) is 28.1 Å². The topological polar surface area (TPSA) is 92.5 Å². The number of aromatic amines is 2. The van der Waals surface area contributed by atoms with E-state index in [2.05, 4.69) is 15.2 Å². The predicted molar refractivity (Wildman–Crippen MR) is 73.7 cm³/mol. The largest absolute Gasteiger partial charge is 0.331 e. The van der Waals surface area contributed by atoms with Crippen molar-refractivity contribution in [2.24, 2.45) is 12.8 Å². The number of fused-ring (bicyclic) bond motifs is 1. The lowest BCUT2D eigenvalue weighted by molar-refractivity contribution is 0.886. The second kappa shape index (κ2) is 4.10. The lowest BCUT2D eigenvalue weighted by atomic mass is 10.1. The van der Waals surface area contributed by atoms with E-state index in [1.165, 1.54) is 0 Å². The number of H-pyrrole nitrogens is 2. The lowest BCUT2D eigenvalue weighted by Crippen LogP contribution is -2.10. The van der Waals surface area contributed by atoms with Crippen molar-refractivity contribution in [3.05, 3.63) is 39.9 Å². The van der Waals surface area contributed by atoms with Gasteiger partial charge in [-0.1, -0.05) is 6.07 Å². The maximum absolute atomic E-state index is 11.6. The van der Waals surface area contributed by atoms with Crippen LogP contribution < -0.4 is 11.3 Å². The monoisotopic (exact) mass is 257 g/mol. The van der Waals surface area contributed by atoms with E-state index in [1.54, 1.807) is 0 Å². The molecule has 0 aliphatic heterocycles. The number of benzene rings is 1. The molecule has 3 aromatic rings. The van der Waals surface area contributed by atoms with Crippen LogP contribution in [0.25, 0.3) is 22.3 Å². The van der Waals surface area contributed by atoms with Crippen molar-refractivity contribution in [1.82, 2.24) is 19.7 Å². The van der Waals surface area contributed by atoms with Crippen molar-refractivity contribution < 1.29 is 0 Å². The Morgan fingerprint density at radius 3 is 2.89 bits per heavy atom. The molecule has 0 atom stereocenters. The Morgan fingerprint density at radius 1 is 1.37 bits per heavy atom. The van der Waals surface area contributed by atoms with E-state index in [9.17, 15) is 4.79 Å². The Kier molecular flexibility index (Phi) is 2.53. The van der Waals surface area contributed by atoms with Crippen LogP contribution in [0, 0.1) is 6.92 Å². The van der Waals surface area contributed by atoms with Gasteiger partial charge in [-0.05, 0) is 19.1 Å². The number of aryl methyl sites for hydroxylation is 2. The van der Waals surface area contributed by atoms with Crippen LogP contribution in [0.5, 0.6) is 0 Å². The Bertz CT molecular complexity index is 808. The second-order valence-corrected chi connectivity index (χ2v) is 4.56. The first-order chi connectivity index (χ1) is 9.11. The van der Waals surface area contributed by atoms with Gasteiger partial charge in [0.1, 0.15) is 5.82 Å². The Morgan fingerprint density at radius 2 is 2.16 bits per heavy atom. The number of nitrogens with two attached hydrogens (primary N) is 1. The van der Waals surface area contributed by atoms with E-state index in [-0.39, 0.29) is 12.1 Å². The van der Waals surface area contributed by atoms with Gasteiger partial charge in [0.05, 0.1) is 22.3 Å². The Hall–Kier alpha value is -2.34. The van der Waals surface area contributed by atoms with E-state index in [1.807, 2.05) is 36.7 Å². The van der Waals surface area contributed by atoms with Crippen LogP contribution in [0.3, 0.4) is 0 Å². The van der Waals surface area contributed by atoms with E-state index < -0.39 is 0 Å². The molecule has 0 unspecified atom stereocenters. The fraction of sp³-hybridized carbons (Fsp3) is 0.231. The molecule has 0 saturated heterocycles. The highest BCUT2D eigenvalue weighted by Gasteiger charge is 2.12. The van der Waals surface area contributed by atoms with Gasteiger partial charge in [0.2, 0.25) is 0 Å². The van der Waals surface area contributed by atoms with Gasteiger partial charge in [0.25, 0.3) is 5.56 Å². The molecular formula is C13H15N5O. The summed E-state index contributed by atoms with van der Waals surface area (Å²) in [4.78, 5) is 16.1. The molecule has 4 N–H and O–H groups in total. The third kappa shape index (κ3) is 1.68. The number of nitrogens with zero attached hydrogens (tertiary/aromatic N) is 2. The number of nitrogens with one attached hydrogen (secondary N) is 2.